The minimum atomic E-state index is -0.638. The van der Waals surface area contributed by atoms with Crippen LogP contribution < -0.4 is 0 Å². The lowest BCUT2D eigenvalue weighted by molar-refractivity contribution is -0.173. The first-order chi connectivity index (χ1) is 15.4. The van der Waals surface area contributed by atoms with Gasteiger partial charge in [-0.3, -0.25) is 19.2 Å². The smallest absolute Gasteiger partial charge is 0.311 e. The summed E-state index contributed by atoms with van der Waals surface area (Å²) >= 11 is 0. The molecule has 0 N–H and O–H groups in total. The van der Waals surface area contributed by atoms with Crippen LogP contribution in [0.2, 0.25) is 0 Å². The van der Waals surface area contributed by atoms with Gasteiger partial charge >= 0.3 is 6.09 Å². The number of hydrogen-bond acceptors (Lipinski definition) is 6. The summed E-state index contributed by atoms with van der Waals surface area (Å²) in [7, 11) is 1.88. The Morgan fingerprint density at radius 3 is 2.44 bits per heavy atom. The fraction of sp³-hybridized carbons (Fsp3) is 0.455. The van der Waals surface area contributed by atoms with Crippen molar-refractivity contribution < 1.29 is 23.6 Å². The van der Waals surface area contributed by atoms with Crippen LogP contribution in [-0.2, 0) is 28.0 Å². The van der Waals surface area contributed by atoms with Crippen LogP contribution in [0.25, 0.3) is 11.3 Å². The first kappa shape index (κ1) is 20.6. The highest BCUT2D eigenvalue weighted by molar-refractivity contribution is 6.01. The highest BCUT2D eigenvalue weighted by Gasteiger charge is 2.43. The molecular formula is C22H24FN5O4. The van der Waals surface area contributed by atoms with Gasteiger partial charge in [-0.1, -0.05) is 12.1 Å². The molecule has 0 bridgehead atoms. The van der Waals surface area contributed by atoms with Gasteiger partial charge in [-0.25, -0.2) is 9.18 Å². The van der Waals surface area contributed by atoms with E-state index in [1.165, 1.54) is 12.1 Å². The molecule has 10 heteroatoms. The molecule has 3 aliphatic rings. The van der Waals surface area contributed by atoms with Gasteiger partial charge in [0.05, 0.1) is 11.4 Å². The van der Waals surface area contributed by atoms with Crippen molar-refractivity contribution in [2.75, 3.05) is 26.2 Å². The Morgan fingerprint density at radius 2 is 1.78 bits per heavy atom. The van der Waals surface area contributed by atoms with Crippen molar-refractivity contribution in [1.29, 1.82) is 0 Å². The van der Waals surface area contributed by atoms with E-state index in [0.717, 1.165) is 30.0 Å². The van der Waals surface area contributed by atoms with E-state index in [1.54, 1.807) is 11.0 Å². The number of imide groups is 1. The summed E-state index contributed by atoms with van der Waals surface area (Å²) in [5, 5.41) is 5.13. The number of benzene rings is 1. The van der Waals surface area contributed by atoms with Gasteiger partial charge in [-0.05, 0) is 30.0 Å². The number of carbonyl (C=O) groups excluding carboxylic acids is 3. The van der Waals surface area contributed by atoms with Gasteiger partial charge in [0.2, 0.25) is 0 Å². The minimum absolute atomic E-state index is 0.0846. The first-order valence-electron chi connectivity index (χ1n) is 10.7. The number of hydrogen-bond donors (Lipinski definition) is 0. The molecule has 0 saturated carbocycles. The van der Waals surface area contributed by atoms with Crippen molar-refractivity contribution >= 4 is 17.9 Å². The maximum absolute atomic E-state index is 13.5. The second kappa shape index (κ2) is 8.01. The first-order valence-corrected chi connectivity index (χ1v) is 10.7. The molecule has 5 rings (SSSR count). The number of aromatic nitrogens is 2. The van der Waals surface area contributed by atoms with Crippen molar-refractivity contribution in [1.82, 2.24) is 24.6 Å². The fourth-order valence-electron chi connectivity index (χ4n) is 4.83. The van der Waals surface area contributed by atoms with Crippen molar-refractivity contribution in [3.05, 3.63) is 41.8 Å². The van der Waals surface area contributed by atoms with Crippen molar-refractivity contribution in [3.8, 4) is 11.3 Å². The maximum Gasteiger partial charge on any atom is 0.434 e. The number of halogens is 1. The normalized spacial score (nSPS) is 23.3. The second-order valence-electron chi connectivity index (χ2n) is 8.71. The highest BCUT2D eigenvalue weighted by Crippen LogP contribution is 2.33. The predicted octanol–water partition coefficient (Wildman–Crippen LogP) is 1.79. The van der Waals surface area contributed by atoms with Crippen LogP contribution in [-0.4, -0.2) is 68.7 Å². The Bertz CT molecular complexity index is 1060. The van der Waals surface area contributed by atoms with Crippen LogP contribution in [0.4, 0.5) is 9.18 Å². The molecule has 1 aromatic heterocycles. The SMILES string of the molecule is Cn1nc(-c2cccc(F)c2)cc1CN1CC2CN(C(=O)ON3C(=O)CCC3=O)CC2C1. The number of fused-ring (bicyclic) bond motifs is 1. The lowest BCUT2D eigenvalue weighted by Crippen LogP contribution is -2.40. The fourth-order valence-corrected chi connectivity index (χ4v) is 4.83. The largest absolute Gasteiger partial charge is 0.434 e. The molecule has 0 spiro atoms. The molecule has 2 atom stereocenters. The Labute approximate surface area is 184 Å². The van der Waals surface area contributed by atoms with E-state index in [0.29, 0.717) is 36.5 Å². The predicted molar refractivity (Wildman–Crippen MR) is 110 cm³/mol. The number of nitrogens with zero attached hydrogens (tertiary/aromatic N) is 5. The summed E-state index contributed by atoms with van der Waals surface area (Å²) in [5.41, 5.74) is 2.52. The Kier molecular flexibility index (Phi) is 5.16. The minimum Gasteiger partial charge on any atom is -0.311 e. The zero-order chi connectivity index (χ0) is 22.4. The van der Waals surface area contributed by atoms with Gasteiger partial charge in [0.1, 0.15) is 5.82 Å². The Balaban J connectivity index is 1.17. The molecule has 168 valence electrons. The van der Waals surface area contributed by atoms with E-state index < -0.39 is 17.9 Å². The van der Waals surface area contributed by atoms with Crippen LogP contribution in [0, 0.1) is 17.7 Å². The van der Waals surface area contributed by atoms with Crippen molar-refractivity contribution in [2.24, 2.45) is 18.9 Å². The van der Waals surface area contributed by atoms with E-state index in [2.05, 4.69) is 10.00 Å². The number of aryl methyl sites for hydroxylation is 1. The Morgan fingerprint density at radius 1 is 1.09 bits per heavy atom. The molecule has 32 heavy (non-hydrogen) atoms. The zero-order valence-corrected chi connectivity index (χ0v) is 17.7. The molecule has 1 aromatic carbocycles. The van der Waals surface area contributed by atoms with E-state index >= 15 is 0 Å². The van der Waals surface area contributed by atoms with Gasteiger partial charge in [0, 0.05) is 58.2 Å². The summed E-state index contributed by atoms with van der Waals surface area (Å²) in [6.45, 7) is 3.45. The van der Waals surface area contributed by atoms with Crippen molar-refractivity contribution in [2.45, 2.75) is 19.4 Å². The third-order valence-corrected chi connectivity index (χ3v) is 6.48. The number of amides is 3. The van der Waals surface area contributed by atoms with Crippen LogP contribution in [0.15, 0.2) is 30.3 Å². The molecule has 2 aromatic rings. The summed E-state index contributed by atoms with van der Waals surface area (Å²) in [6.07, 6.45) is -0.469. The van der Waals surface area contributed by atoms with E-state index in [1.807, 2.05) is 23.9 Å². The molecule has 3 amide bonds. The van der Waals surface area contributed by atoms with E-state index in [4.69, 9.17) is 4.84 Å². The number of likely N-dealkylation sites (tertiary alicyclic amines) is 2. The topological polar surface area (TPSA) is 88.0 Å². The van der Waals surface area contributed by atoms with Gasteiger partial charge in [0.15, 0.2) is 0 Å². The van der Waals surface area contributed by atoms with E-state index in [-0.39, 0.29) is 18.7 Å². The number of rotatable bonds is 4. The molecule has 3 fully saturated rings. The van der Waals surface area contributed by atoms with Gasteiger partial charge in [0.25, 0.3) is 11.8 Å². The average molecular weight is 441 g/mol. The molecule has 9 nitrogen and oxygen atoms in total. The third-order valence-electron chi connectivity index (χ3n) is 6.48. The second-order valence-corrected chi connectivity index (χ2v) is 8.71. The standard InChI is InChI=1S/C22H24FN5O4/c1-25-18(8-19(24-25)14-3-2-4-17(23)7-14)13-26-9-15-11-27(12-16(15)10-26)22(31)32-28-20(29)5-6-21(28)30/h2-4,7-8,15-16H,5-6,9-13H2,1H3. The van der Waals surface area contributed by atoms with Crippen LogP contribution >= 0.6 is 0 Å². The lowest BCUT2D eigenvalue weighted by atomic mass is 10.0. The molecule has 2 unspecified atom stereocenters. The highest BCUT2D eigenvalue weighted by atomic mass is 19.1. The number of carbonyl (C=O) groups is 3. The van der Waals surface area contributed by atoms with Gasteiger partial charge in [-0.2, -0.15) is 5.10 Å². The third kappa shape index (κ3) is 3.86. The molecule has 3 aliphatic heterocycles. The lowest BCUT2D eigenvalue weighted by Gasteiger charge is -2.22. The Hall–Kier alpha value is -3.27. The molecule has 0 radical (unpaired) electrons. The van der Waals surface area contributed by atoms with Crippen LogP contribution in [0.5, 0.6) is 0 Å². The maximum atomic E-state index is 13.5. The summed E-state index contributed by atoms with van der Waals surface area (Å²) in [5.74, 6) is -0.610. The average Bonchev–Trinajstić information content (AvgIpc) is 3.49. The van der Waals surface area contributed by atoms with E-state index in [9.17, 15) is 18.8 Å². The summed E-state index contributed by atoms with van der Waals surface area (Å²) in [4.78, 5) is 44.7. The number of hydroxylamine groups is 2. The summed E-state index contributed by atoms with van der Waals surface area (Å²) in [6, 6.07) is 8.38. The van der Waals surface area contributed by atoms with Gasteiger partial charge < -0.3 is 9.74 Å². The molecule has 0 aliphatic carbocycles. The molecule has 3 saturated heterocycles. The molecular weight excluding hydrogens is 417 g/mol. The van der Waals surface area contributed by atoms with Crippen molar-refractivity contribution in [3.63, 3.8) is 0 Å². The van der Waals surface area contributed by atoms with Crippen LogP contribution in [0.1, 0.15) is 18.5 Å². The molecule has 4 heterocycles. The van der Waals surface area contributed by atoms with Crippen LogP contribution in [0.3, 0.4) is 0 Å². The zero-order valence-electron chi connectivity index (χ0n) is 17.7. The summed E-state index contributed by atoms with van der Waals surface area (Å²) < 4.78 is 15.4. The monoisotopic (exact) mass is 441 g/mol. The quantitative estimate of drug-likeness (QED) is 0.673. The van der Waals surface area contributed by atoms with Gasteiger partial charge in [-0.15, -0.1) is 5.06 Å².